The van der Waals surface area contributed by atoms with Crippen molar-refractivity contribution in [3.8, 4) is 11.5 Å². The number of amides is 1. The molecule has 2 heterocycles. The van der Waals surface area contributed by atoms with Crippen molar-refractivity contribution in [1.82, 2.24) is 9.88 Å². The van der Waals surface area contributed by atoms with Gasteiger partial charge in [-0.2, -0.15) is 0 Å². The Morgan fingerprint density at radius 3 is 2.47 bits per heavy atom. The first-order valence-electron chi connectivity index (χ1n) is 9.59. The van der Waals surface area contributed by atoms with Gasteiger partial charge >= 0.3 is 0 Å². The van der Waals surface area contributed by atoms with Crippen LogP contribution in [-0.2, 0) is 9.59 Å². The molecule has 8 heteroatoms. The average molecular weight is 412 g/mol. The van der Waals surface area contributed by atoms with Crippen molar-refractivity contribution in [2.45, 2.75) is 6.04 Å². The molecule has 2 N–H and O–H groups in total. The summed E-state index contributed by atoms with van der Waals surface area (Å²) >= 11 is 0. The molecule has 1 amide bonds. The highest BCUT2D eigenvalue weighted by molar-refractivity contribution is 6.46. The van der Waals surface area contributed by atoms with E-state index in [0.29, 0.717) is 35.8 Å². The number of hydrogen-bond donors (Lipinski definition) is 2. The molecule has 2 aromatic rings. The maximum absolute atomic E-state index is 12.9. The smallest absolute Gasteiger partial charge is 0.295 e. The van der Waals surface area contributed by atoms with Gasteiger partial charge < -0.3 is 24.4 Å². The van der Waals surface area contributed by atoms with Gasteiger partial charge in [0.2, 0.25) is 0 Å². The maximum atomic E-state index is 12.9. The normalized spacial score (nSPS) is 18.2. The van der Waals surface area contributed by atoms with Gasteiger partial charge in [-0.1, -0.05) is 6.07 Å². The average Bonchev–Trinajstić information content (AvgIpc) is 3.01. The zero-order valence-electron chi connectivity index (χ0n) is 17.5. The number of nitrogens with zero attached hydrogens (tertiary/aromatic N) is 2. The molecular formula is C22H26N3O5+. The molecule has 1 aliphatic heterocycles. The van der Waals surface area contributed by atoms with Crippen LogP contribution in [0.5, 0.6) is 11.5 Å². The molecule has 0 spiro atoms. The minimum absolute atomic E-state index is 0.0136. The minimum Gasteiger partial charge on any atom is -0.507 e. The molecule has 30 heavy (non-hydrogen) atoms. The predicted octanol–water partition coefficient (Wildman–Crippen LogP) is 0.665. The number of aromatic nitrogens is 1. The molecule has 158 valence electrons. The van der Waals surface area contributed by atoms with Gasteiger partial charge in [0.05, 0.1) is 52.7 Å². The molecular weight excluding hydrogens is 386 g/mol. The number of quaternary nitrogens is 1. The van der Waals surface area contributed by atoms with E-state index in [4.69, 9.17) is 9.47 Å². The highest BCUT2D eigenvalue weighted by atomic mass is 16.5. The standard InChI is InChI=1S/C22H25N3O5/c1-24(2)11-12-25-19(15-7-5-6-10-23-15)18(21(27)22(25)28)20(26)14-8-9-16(29-3)17(13-14)30-4/h5-10,13,19,26H,11-12H2,1-4H3/p+1/b20-18-/t19-/m0/s1. The Morgan fingerprint density at radius 2 is 1.87 bits per heavy atom. The number of ether oxygens (including phenoxy) is 2. The van der Waals surface area contributed by atoms with Crippen molar-refractivity contribution in [1.29, 1.82) is 0 Å². The number of nitrogens with one attached hydrogen (secondary N) is 1. The largest absolute Gasteiger partial charge is 0.507 e. The molecule has 1 fully saturated rings. The van der Waals surface area contributed by atoms with Crippen LogP contribution in [0, 0.1) is 0 Å². The van der Waals surface area contributed by atoms with Gasteiger partial charge in [0, 0.05) is 11.8 Å². The van der Waals surface area contributed by atoms with Crippen molar-refractivity contribution >= 4 is 17.4 Å². The lowest BCUT2D eigenvalue weighted by Crippen LogP contribution is -3.06. The Kier molecular flexibility index (Phi) is 6.37. The third kappa shape index (κ3) is 3.99. The van der Waals surface area contributed by atoms with Crippen molar-refractivity contribution in [3.05, 3.63) is 59.4 Å². The third-order valence-corrected chi connectivity index (χ3v) is 5.02. The topological polar surface area (TPSA) is 93.4 Å². The molecule has 0 saturated carbocycles. The third-order valence-electron chi connectivity index (χ3n) is 5.02. The lowest BCUT2D eigenvalue weighted by molar-refractivity contribution is -0.857. The number of pyridine rings is 1. The molecule has 0 radical (unpaired) electrons. The molecule has 0 aliphatic carbocycles. The van der Waals surface area contributed by atoms with Crippen molar-refractivity contribution in [2.24, 2.45) is 0 Å². The fourth-order valence-electron chi connectivity index (χ4n) is 3.44. The second-order valence-electron chi connectivity index (χ2n) is 7.27. The number of Topliss-reactive ketones (excluding diaryl/α,β-unsaturated/α-hetero) is 1. The molecule has 3 rings (SSSR count). The van der Waals surface area contributed by atoms with Gasteiger partial charge in [-0.25, -0.2) is 0 Å². The van der Waals surface area contributed by atoms with Crippen LogP contribution in [0.2, 0.25) is 0 Å². The number of aliphatic hydroxyl groups excluding tert-OH is 1. The zero-order chi connectivity index (χ0) is 21.8. The summed E-state index contributed by atoms with van der Waals surface area (Å²) in [5, 5.41) is 11.1. The summed E-state index contributed by atoms with van der Waals surface area (Å²) in [6, 6.07) is 9.34. The number of ketones is 1. The van der Waals surface area contributed by atoms with Crippen molar-refractivity contribution in [2.75, 3.05) is 41.4 Å². The number of hydrogen-bond acceptors (Lipinski definition) is 6. The molecule has 8 nitrogen and oxygen atoms in total. The van der Waals surface area contributed by atoms with E-state index < -0.39 is 17.7 Å². The molecule has 0 bridgehead atoms. The second-order valence-corrected chi connectivity index (χ2v) is 7.27. The molecule has 1 saturated heterocycles. The summed E-state index contributed by atoms with van der Waals surface area (Å²) in [6.07, 6.45) is 1.60. The van der Waals surface area contributed by atoms with Crippen LogP contribution >= 0.6 is 0 Å². The number of carbonyl (C=O) groups is 2. The highest BCUT2D eigenvalue weighted by Gasteiger charge is 2.46. The number of likely N-dealkylation sites (tertiary alicyclic amines) is 1. The summed E-state index contributed by atoms with van der Waals surface area (Å²) in [5.41, 5.74) is 0.886. The summed E-state index contributed by atoms with van der Waals surface area (Å²) < 4.78 is 10.5. The molecule has 1 aliphatic rings. The van der Waals surface area contributed by atoms with Crippen LogP contribution in [-0.4, -0.2) is 68.1 Å². The van der Waals surface area contributed by atoms with Gasteiger partial charge in [-0.15, -0.1) is 0 Å². The Bertz CT molecular complexity index is 972. The fraction of sp³-hybridized carbons (Fsp3) is 0.318. The maximum Gasteiger partial charge on any atom is 0.295 e. The van der Waals surface area contributed by atoms with Gasteiger partial charge in [-0.05, 0) is 30.3 Å². The Hall–Kier alpha value is -3.39. The summed E-state index contributed by atoms with van der Waals surface area (Å²) in [6.45, 7) is 1.00. The van der Waals surface area contributed by atoms with Crippen LogP contribution in [0.1, 0.15) is 17.3 Å². The van der Waals surface area contributed by atoms with E-state index in [2.05, 4.69) is 4.98 Å². The lowest BCUT2D eigenvalue weighted by Gasteiger charge is -2.24. The Morgan fingerprint density at radius 1 is 1.13 bits per heavy atom. The second kappa shape index (κ2) is 8.96. The van der Waals surface area contributed by atoms with Gasteiger partial charge in [-0.3, -0.25) is 14.6 Å². The first-order chi connectivity index (χ1) is 14.4. The highest BCUT2D eigenvalue weighted by Crippen LogP contribution is 2.39. The van der Waals surface area contributed by atoms with Gasteiger partial charge in [0.1, 0.15) is 11.8 Å². The fourth-order valence-corrected chi connectivity index (χ4v) is 3.44. The summed E-state index contributed by atoms with van der Waals surface area (Å²) in [4.78, 5) is 32.7. The summed E-state index contributed by atoms with van der Waals surface area (Å²) in [7, 11) is 6.93. The van der Waals surface area contributed by atoms with E-state index in [1.165, 1.54) is 19.1 Å². The van der Waals surface area contributed by atoms with Crippen LogP contribution in [0.3, 0.4) is 0 Å². The number of aliphatic hydroxyl groups is 1. The minimum atomic E-state index is -0.765. The van der Waals surface area contributed by atoms with Gasteiger partial charge in [0.15, 0.2) is 11.5 Å². The van der Waals surface area contributed by atoms with E-state index in [1.807, 2.05) is 14.1 Å². The van der Waals surface area contributed by atoms with Crippen molar-refractivity contribution in [3.63, 3.8) is 0 Å². The number of methoxy groups -OCH3 is 2. The zero-order valence-corrected chi connectivity index (χ0v) is 17.5. The van der Waals surface area contributed by atoms with Crippen LogP contribution in [0.25, 0.3) is 5.76 Å². The predicted molar refractivity (Wildman–Crippen MR) is 110 cm³/mol. The Balaban J connectivity index is 2.14. The SMILES string of the molecule is COc1ccc(/C(O)=C2/C(=O)C(=O)N(CC[NH+](C)C)[C@H]2c2ccccn2)cc1OC. The Labute approximate surface area is 175 Å². The van der Waals surface area contributed by atoms with Crippen molar-refractivity contribution < 1.29 is 29.1 Å². The lowest BCUT2D eigenvalue weighted by atomic mass is 9.98. The quantitative estimate of drug-likeness (QED) is 0.394. The van der Waals surface area contributed by atoms with E-state index in [-0.39, 0.29) is 11.3 Å². The van der Waals surface area contributed by atoms with E-state index in [9.17, 15) is 14.7 Å². The summed E-state index contributed by atoms with van der Waals surface area (Å²) in [5.74, 6) is -0.753. The number of rotatable bonds is 7. The number of likely N-dealkylation sites (N-methyl/N-ethyl adjacent to an activating group) is 1. The number of carbonyl (C=O) groups excluding carboxylic acids is 2. The first kappa shape index (κ1) is 21.3. The first-order valence-corrected chi connectivity index (χ1v) is 9.59. The number of benzene rings is 1. The van der Waals surface area contributed by atoms with Crippen LogP contribution in [0.15, 0.2) is 48.2 Å². The van der Waals surface area contributed by atoms with Crippen LogP contribution in [0.4, 0.5) is 0 Å². The van der Waals surface area contributed by atoms with E-state index >= 15 is 0 Å². The molecule has 1 aromatic carbocycles. The van der Waals surface area contributed by atoms with Crippen LogP contribution < -0.4 is 14.4 Å². The molecule has 0 unspecified atom stereocenters. The molecule has 1 aromatic heterocycles. The van der Waals surface area contributed by atoms with E-state index in [0.717, 1.165) is 4.90 Å². The van der Waals surface area contributed by atoms with Gasteiger partial charge in [0.25, 0.3) is 11.7 Å². The van der Waals surface area contributed by atoms with E-state index in [1.54, 1.807) is 42.6 Å². The monoisotopic (exact) mass is 412 g/mol. The molecule has 1 atom stereocenters.